The van der Waals surface area contributed by atoms with Crippen LogP contribution >= 0.6 is 0 Å². The van der Waals surface area contributed by atoms with Gasteiger partial charge in [-0.25, -0.2) is 13.5 Å². The number of rotatable bonds is 6. The second kappa shape index (κ2) is 8.86. The van der Waals surface area contributed by atoms with Crippen LogP contribution in [-0.2, 0) is 9.59 Å². The third-order valence-electron chi connectivity index (χ3n) is 6.83. The van der Waals surface area contributed by atoms with E-state index in [0.29, 0.717) is 24.0 Å². The van der Waals surface area contributed by atoms with Gasteiger partial charge < -0.3 is 20.4 Å². The van der Waals surface area contributed by atoms with Gasteiger partial charge in [0.15, 0.2) is 23.8 Å². The first-order valence-electron chi connectivity index (χ1n) is 11.3. The summed E-state index contributed by atoms with van der Waals surface area (Å²) in [6, 6.07) is 9.62. The monoisotopic (exact) mass is 482 g/mol. The van der Waals surface area contributed by atoms with E-state index in [1.807, 2.05) is 12.1 Å². The Labute approximate surface area is 199 Å². The average molecular weight is 482 g/mol. The van der Waals surface area contributed by atoms with Crippen molar-refractivity contribution >= 4 is 11.8 Å². The Morgan fingerprint density at radius 3 is 2.17 bits per heavy atom. The van der Waals surface area contributed by atoms with Gasteiger partial charge in [0.1, 0.15) is 0 Å². The first-order chi connectivity index (χ1) is 16.8. The van der Waals surface area contributed by atoms with Crippen LogP contribution in [0.2, 0.25) is 0 Å². The van der Waals surface area contributed by atoms with E-state index >= 15 is 0 Å². The third-order valence-corrected chi connectivity index (χ3v) is 6.83. The second-order valence-electron chi connectivity index (χ2n) is 8.91. The van der Waals surface area contributed by atoms with E-state index in [2.05, 4.69) is 10.4 Å². The Morgan fingerprint density at radius 2 is 1.63 bits per heavy atom. The molecule has 2 amide bonds. The maximum Gasteiger partial charge on any atom is 0.255 e. The number of nitrogens with zero attached hydrogens (tertiary/aromatic N) is 3. The fourth-order valence-electron chi connectivity index (χ4n) is 5.03. The highest BCUT2D eigenvalue weighted by Crippen LogP contribution is 2.53. The van der Waals surface area contributed by atoms with Gasteiger partial charge in [-0.3, -0.25) is 9.59 Å². The number of hydrogen-bond acceptors (Lipinski definition) is 5. The summed E-state index contributed by atoms with van der Waals surface area (Å²) in [6.45, 7) is 1.71. The van der Waals surface area contributed by atoms with Crippen molar-refractivity contribution in [2.24, 2.45) is 0 Å². The average Bonchev–Trinajstić information content (AvgIpc) is 3.59. The molecule has 0 radical (unpaired) electrons. The van der Waals surface area contributed by atoms with Gasteiger partial charge in [-0.2, -0.15) is 5.10 Å². The van der Waals surface area contributed by atoms with Crippen molar-refractivity contribution < 1.29 is 28.6 Å². The molecule has 2 aliphatic rings. The summed E-state index contributed by atoms with van der Waals surface area (Å²) in [7, 11) is 0. The molecule has 0 aliphatic carbocycles. The molecular weight excluding hydrogens is 458 g/mol. The first-order valence-corrected chi connectivity index (χ1v) is 11.3. The van der Waals surface area contributed by atoms with Crippen molar-refractivity contribution in [3.63, 3.8) is 0 Å². The van der Waals surface area contributed by atoms with Gasteiger partial charge in [-0.05, 0) is 66.8 Å². The van der Waals surface area contributed by atoms with E-state index in [0.717, 1.165) is 23.4 Å². The summed E-state index contributed by atoms with van der Waals surface area (Å²) >= 11 is 0. The molecule has 2 aromatic carbocycles. The topological polar surface area (TPSA) is 108 Å². The van der Waals surface area contributed by atoms with Crippen molar-refractivity contribution in [3.8, 4) is 5.69 Å². The Balaban J connectivity index is 1.24. The number of halogens is 2. The van der Waals surface area contributed by atoms with Gasteiger partial charge in [0.05, 0.1) is 23.8 Å². The highest BCUT2D eigenvalue weighted by atomic mass is 19.2. The predicted octanol–water partition coefficient (Wildman–Crippen LogP) is 2.47. The number of fused-ring (bicyclic) bond motifs is 5. The predicted molar refractivity (Wildman–Crippen MR) is 120 cm³/mol. The van der Waals surface area contributed by atoms with E-state index in [-0.39, 0.29) is 0 Å². The number of carbonyl (C=O) groups excluding carboxylic acids is 2. The van der Waals surface area contributed by atoms with Crippen LogP contribution in [0.1, 0.15) is 54.6 Å². The summed E-state index contributed by atoms with van der Waals surface area (Å²) in [6.07, 6.45) is 0.478. The van der Waals surface area contributed by atoms with Crippen LogP contribution in [0.5, 0.6) is 0 Å². The van der Waals surface area contributed by atoms with Gasteiger partial charge in [-0.1, -0.05) is 12.1 Å². The molecule has 1 fully saturated rings. The summed E-state index contributed by atoms with van der Waals surface area (Å²) < 4.78 is 29.2. The summed E-state index contributed by atoms with van der Waals surface area (Å²) in [5.74, 6) is -3.77. The minimum Gasteiger partial charge on any atom is -0.380 e. The standard InChI is InChI=1S/C25H24F2N4O4/c1-13(14-3-5-15(6-4-14)30-10-2-9-28-30)29-24(34)22(32)23(33)25(35)31-20-7-8-21(31)17-12-19(27)18(26)11-16(17)20/h2-6,9-13,20-23,32-33H,7-8H2,1H3,(H,29,34)/t13-,20?,21?,22-,23-/m1/s1. The van der Waals surface area contributed by atoms with Crippen molar-refractivity contribution in [3.05, 3.63) is 83.2 Å². The summed E-state index contributed by atoms with van der Waals surface area (Å²) in [5, 5.41) is 27.7. The molecule has 5 atom stereocenters. The fourth-order valence-corrected chi connectivity index (χ4v) is 5.03. The van der Waals surface area contributed by atoms with Crippen molar-refractivity contribution in [1.29, 1.82) is 0 Å². The van der Waals surface area contributed by atoms with Crippen LogP contribution in [0.15, 0.2) is 54.9 Å². The molecule has 10 heteroatoms. The number of carbonyl (C=O) groups is 2. The van der Waals surface area contributed by atoms with Crippen molar-refractivity contribution in [2.45, 2.75) is 50.1 Å². The lowest BCUT2D eigenvalue weighted by Gasteiger charge is -2.27. The molecule has 0 spiro atoms. The Hall–Kier alpha value is -3.63. The fraction of sp³-hybridized carbons (Fsp3) is 0.320. The van der Waals surface area contributed by atoms with Gasteiger partial charge in [0.25, 0.3) is 11.8 Å². The lowest BCUT2D eigenvalue weighted by Crippen LogP contribution is -2.50. The van der Waals surface area contributed by atoms with Crippen LogP contribution < -0.4 is 5.32 Å². The number of nitrogens with one attached hydrogen (secondary N) is 1. The van der Waals surface area contributed by atoms with Crippen molar-refractivity contribution in [2.75, 3.05) is 0 Å². The van der Waals surface area contributed by atoms with Crippen LogP contribution in [0.3, 0.4) is 0 Å². The maximum absolute atomic E-state index is 13.7. The largest absolute Gasteiger partial charge is 0.380 e. The van der Waals surface area contributed by atoms with E-state index in [1.54, 1.807) is 42.2 Å². The van der Waals surface area contributed by atoms with Crippen LogP contribution in [0, 0.1) is 11.6 Å². The molecule has 8 nitrogen and oxygen atoms in total. The molecule has 0 saturated carbocycles. The van der Waals surface area contributed by atoms with Crippen molar-refractivity contribution in [1.82, 2.24) is 20.0 Å². The molecule has 3 heterocycles. The SMILES string of the molecule is C[C@@H](NC(=O)[C@H](O)[C@@H](O)C(=O)N1C2CCC1c1cc(F)c(F)cc12)c1ccc(-n2cccn2)cc1. The molecule has 35 heavy (non-hydrogen) atoms. The molecule has 2 unspecified atom stereocenters. The van der Waals surface area contributed by atoms with Gasteiger partial charge in [-0.15, -0.1) is 0 Å². The smallest absolute Gasteiger partial charge is 0.255 e. The van der Waals surface area contributed by atoms with Gasteiger partial charge >= 0.3 is 0 Å². The molecule has 182 valence electrons. The zero-order valence-corrected chi connectivity index (χ0v) is 18.8. The van der Waals surface area contributed by atoms with Crippen LogP contribution in [-0.4, -0.2) is 48.9 Å². The number of hydrogen-bond donors (Lipinski definition) is 3. The lowest BCUT2D eigenvalue weighted by molar-refractivity contribution is -0.155. The molecular formula is C25H24F2N4O4. The molecule has 3 N–H and O–H groups in total. The minimum atomic E-state index is -2.02. The molecule has 3 aromatic rings. The number of aliphatic hydroxyl groups excluding tert-OH is 2. The zero-order chi connectivity index (χ0) is 24.9. The highest BCUT2D eigenvalue weighted by Gasteiger charge is 2.49. The maximum atomic E-state index is 13.7. The molecule has 2 bridgehead atoms. The third kappa shape index (κ3) is 3.98. The minimum absolute atomic E-state index is 0.492. The van der Waals surface area contributed by atoms with Crippen LogP contribution in [0.25, 0.3) is 5.69 Å². The van der Waals surface area contributed by atoms with Crippen LogP contribution in [0.4, 0.5) is 8.78 Å². The summed E-state index contributed by atoms with van der Waals surface area (Å²) in [4.78, 5) is 27.0. The van der Waals surface area contributed by atoms with E-state index in [4.69, 9.17) is 0 Å². The number of aromatic nitrogens is 2. The Morgan fingerprint density at radius 1 is 1.03 bits per heavy atom. The lowest BCUT2D eigenvalue weighted by atomic mass is 9.92. The number of aliphatic hydroxyl groups is 2. The highest BCUT2D eigenvalue weighted by molar-refractivity contribution is 5.91. The molecule has 1 saturated heterocycles. The second-order valence-corrected chi connectivity index (χ2v) is 8.91. The molecule has 2 aliphatic heterocycles. The van der Waals surface area contributed by atoms with E-state index in [1.165, 1.54) is 4.90 Å². The van der Waals surface area contributed by atoms with E-state index in [9.17, 15) is 28.6 Å². The zero-order valence-electron chi connectivity index (χ0n) is 18.8. The quantitative estimate of drug-likeness (QED) is 0.500. The van der Waals surface area contributed by atoms with Gasteiger partial charge in [0.2, 0.25) is 0 Å². The summed E-state index contributed by atoms with van der Waals surface area (Å²) in [5.41, 5.74) is 2.57. The Kier molecular flexibility index (Phi) is 5.86. The molecule has 5 rings (SSSR count). The normalized spacial score (nSPS) is 20.9. The molecule has 1 aromatic heterocycles. The Bertz CT molecular complexity index is 1230. The number of benzene rings is 2. The first kappa shape index (κ1) is 23.1. The van der Waals surface area contributed by atoms with Gasteiger partial charge in [0, 0.05) is 12.4 Å². The van der Waals surface area contributed by atoms with E-state index < -0.39 is 53.8 Å². The number of amides is 2.